The standard InChI is InChI=1S/C17H26N2O/c18-16-7-5-14(6-8-16)17(20)12-19-10-9-13-3-1-2-4-15(13)11-19/h5-8,13,15,17,20H,1-4,9-12,18H2. The maximum Gasteiger partial charge on any atom is 0.0916 e. The number of aliphatic hydroxyl groups excluding tert-OH is 1. The molecular weight excluding hydrogens is 248 g/mol. The monoisotopic (exact) mass is 274 g/mol. The molecule has 2 fully saturated rings. The molecule has 0 radical (unpaired) electrons. The van der Waals surface area contributed by atoms with Gasteiger partial charge in [-0.1, -0.05) is 31.4 Å². The van der Waals surface area contributed by atoms with Crippen LogP contribution in [0, 0.1) is 11.8 Å². The van der Waals surface area contributed by atoms with Gasteiger partial charge in [-0.05, 0) is 48.9 Å². The lowest BCUT2D eigenvalue weighted by molar-refractivity contribution is 0.0460. The molecule has 0 bridgehead atoms. The van der Waals surface area contributed by atoms with Gasteiger partial charge in [-0.15, -0.1) is 0 Å². The van der Waals surface area contributed by atoms with E-state index in [2.05, 4.69) is 4.90 Å². The first kappa shape index (κ1) is 13.9. The summed E-state index contributed by atoms with van der Waals surface area (Å²) in [7, 11) is 0. The SMILES string of the molecule is Nc1ccc(C(O)CN2CCC3CCCCC3C2)cc1. The van der Waals surface area contributed by atoms with E-state index >= 15 is 0 Å². The number of benzene rings is 1. The number of piperidine rings is 1. The van der Waals surface area contributed by atoms with Crippen molar-refractivity contribution in [3.05, 3.63) is 29.8 Å². The van der Waals surface area contributed by atoms with E-state index in [0.717, 1.165) is 36.2 Å². The molecule has 1 aromatic rings. The van der Waals surface area contributed by atoms with Crippen molar-refractivity contribution in [3.8, 4) is 0 Å². The van der Waals surface area contributed by atoms with E-state index in [9.17, 15) is 5.11 Å². The molecule has 110 valence electrons. The molecule has 3 rings (SSSR count). The lowest BCUT2D eigenvalue weighted by Gasteiger charge is -2.41. The van der Waals surface area contributed by atoms with Crippen LogP contribution in [0.25, 0.3) is 0 Å². The van der Waals surface area contributed by atoms with Crippen LogP contribution in [0.3, 0.4) is 0 Å². The molecule has 1 aliphatic heterocycles. The third kappa shape index (κ3) is 3.15. The van der Waals surface area contributed by atoms with Gasteiger partial charge < -0.3 is 15.7 Å². The molecule has 3 N–H and O–H groups in total. The minimum absolute atomic E-state index is 0.393. The highest BCUT2D eigenvalue weighted by atomic mass is 16.3. The highest BCUT2D eigenvalue weighted by Crippen LogP contribution is 2.36. The predicted octanol–water partition coefficient (Wildman–Crippen LogP) is 2.81. The molecule has 1 aliphatic carbocycles. The third-order valence-corrected chi connectivity index (χ3v) is 5.13. The quantitative estimate of drug-likeness (QED) is 0.833. The number of rotatable bonds is 3. The highest BCUT2D eigenvalue weighted by molar-refractivity contribution is 5.39. The number of aliphatic hydroxyl groups is 1. The van der Waals surface area contributed by atoms with Crippen molar-refractivity contribution in [1.29, 1.82) is 0 Å². The van der Waals surface area contributed by atoms with Crippen LogP contribution in [0.15, 0.2) is 24.3 Å². The Morgan fingerprint density at radius 3 is 2.55 bits per heavy atom. The van der Waals surface area contributed by atoms with Crippen LogP contribution in [-0.4, -0.2) is 29.6 Å². The Bertz CT molecular complexity index is 431. The lowest BCUT2D eigenvalue weighted by atomic mass is 9.75. The van der Waals surface area contributed by atoms with Gasteiger partial charge in [0.05, 0.1) is 6.10 Å². The molecule has 0 aromatic heterocycles. The van der Waals surface area contributed by atoms with Crippen LogP contribution in [-0.2, 0) is 0 Å². The molecule has 1 aromatic carbocycles. The van der Waals surface area contributed by atoms with Crippen molar-refractivity contribution in [2.45, 2.75) is 38.2 Å². The number of hydrogen-bond acceptors (Lipinski definition) is 3. The van der Waals surface area contributed by atoms with Gasteiger partial charge >= 0.3 is 0 Å². The van der Waals surface area contributed by atoms with E-state index in [1.165, 1.54) is 38.6 Å². The van der Waals surface area contributed by atoms with Gasteiger partial charge in [0, 0.05) is 18.8 Å². The van der Waals surface area contributed by atoms with E-state index in [0.29, 0.717) is 0 Å². The Morgan fingerprint density at radius 2 is 1.80 bits per heavy atom. The summed E-state index contributed by atoms with van der Waals surface area (Å²) in [6.45, 7) is 3.08. The first-order valence-electron chi connectivity index (χ1n) is 7.98. The van der Waals surface area contributed by atoms with E-state index in [-0.39, 0.29) is 0 Å². The van der Waals surface area contributed by atoms with Crippen molar-refractivity contribution in [3.63, 3.8) is 0 Å². The minimum atomic E-state index is -0.393. The molecule has 3 heteroatoms. The second kappa shape index (κ2) is 6.15. The maximum atomic E-state index is 10.4. The topological polar surface area (TPSA) is 49.5 Å². The normalized spacial score (nSPS) is 28.9. The fourth-order valence-corrected chi connectivity index (χ4v) is 3.91. The Kier molecular flexibility index (Phi) is 4.27. The molecule has 0 spiro atoms. The van der Waals surface area contributed by atoms with Crippen molar-refractivity contribution in [2.75, 3.05) is 25.4 Å². The zero-order valence-electron chi connectivity index (χ0n) is 12.2. The van der Waals surface area contributed by atoms with E-state index in [1.54, 1.807) is 0 Å². The summed E-state index contributed by atoms with van der Waals surface area (Å²) in [6, 6.07) is 7.61. The fraction of sp³-hybridized carbons (Fsp3) is 0.647. The maximum absolute atomic E-state index is 10.4. The number of anilines is 1. The number of nitrogens with zero attached hydrogens (tertiary/aromatic N) is 1. The van der Waals surface area contributed by atoms with Crippen molar-refractivity contribution >= 4 is 5.69 Å². The second-order valence-corrected chi connectivity index (χ2v) is 6.54. The zero-order chi connectivity index (χ0) is 13.9. The Hall–Kier alpha value is -1.06. The molecule has 0 amide bonds. The van der Waals surface area contributed by atoms with Gasteiger partial charge in [-0.2, -0.15) is 0 Å². The molecule has 1 heterocycles. The minimum Gasteiger partial charge on any atom is -0.399 e. The van der Waals surface area contributed by atoms with Crippen LogP contribution in [0.1, 0.15) is 43.8 Å². The van der Waals surface area contributed by atoms with E-state index in [1.807, 2.05) is 24.3 Å². The van der Waals surface area contributed by atoms with Crippen molar-refractivity contribution in [1.82, 2.24) is 4.90 Å². The highest BCUT2D eigenvalue weighted by Gasteiger charge is 2.31. The summed E-state index contributed by atoms with van der Waals surface area (Å²) in [5, 5.41) is 10.4. The van der Waals surface area contributed by atoms with Crippen LogP contribution >= 0.6 is 0 Å². The Balaban J connectivity index is 1.56. The summed E-state index contributed by atoms with van der Waals surface area (Å²) < 4.78 is 0. The predicted molar refractivity (Wildman–Crippen MR) is 82.3 cm³/mol. The summed E-state index contributed by atoms with van der Waals surface area (Å²) in [5.74, 6) is 1.82. The van der Waals surface area contributed by atoms with Crippen LogP contribution in [0.4, 0.5) is 5.69 Å². The summed E-state index contributed by atoms with van der Waals surface area (Å²) in [4.78, 5) is 2.45. The number of fused-ring (bicyclic) bond motifs is 1. The number of likely N-dealkylation sites (tertiary alicyclic amines) is 1. The van der Waals surface area contributed by atoms with Gasteiger partial charge in [0.2, 0.25) is 0 Å². The summed E-state index contributed by atoms with van der Waals surface area (Å²) in [5.41, 5.74) is 7.42. The number of hydrogen-bond donors (Lipinski definition) is 2. The second-order valence-electron chi connectivity index (χ2n) is 6.54. The summed E-state index contributed by atoms with van der Waals surface area (Å²) in [6.07, 6.45) is 6.57. The first-order chi connectivity index (χ1) is 9.72. The largest absolute Gasteiger partial charge is 0.399 e. The van der Waals surface area contributed by atoms with Gasteiger partial charge in [0.15, 0.2) is 0 Å². The van der Waals surface area contributed by atoms with Crippen molar-refractivity contribution in [2.24, 2.45) is 11.8 Å². The van der Waals surface area contributed by atoms with Gasteiger partial charge in [0.25, 0.3) is 0 Å². The van der Waals surface area contributed by atoms with Crippen LogP contribution in [0.5, 0.6) is 0 Å². The molecule has 1 saturated carbocycles. The average Bonchev–Trinajstić information content (AvgIpc) is 2.48. The molecule has 3 nitrogen and oxygen atoms in total. The molecule has 1 saturated heterocycles. The average molecular weight is 274 g/mol. The number of β-amino-alcohol motifs (C(OH)–C–C–N with tert-alkyl or cyclic N) is 1. The van der Waals surface area contributed by atoms with Gasteiger partial charge in [-0.25, -0.2) is 0 Å². The fourth-order valence-electron chi connectivity index (χ4n) is 3.91. The lowest BCUT2D eigenvalue weighted by Crippen LogP contribution is -2.43. The first-order valence-corrected chi connectivity index (χ1v) is 7.98. The van der Waals surface area contributed by atoms with E-state index in [4.69, 9.17) is 5.73 Å². The van der Waals surface area contributed by atoms with E-state index < -0.39 is 6.10 Å². The zero-order valence-corrected chi connectivity index (χ0v) is 12.2. The molecule has 2 aliphatic rings. The Morgan fingerprint density at radius 1 is 1.10 bits per heavy atom. The summed E-state index contributed by atoms with van der Waals surface area (Å²) >= 11 is 0. The molecule has 3 unspecified atom stereocenters. The molecular formula is C17H26N2O. The van der Waals surface area contributed by atoms with Gasteiger partial charge in [0.1, 0.15) is 0 Å². The smallest absolute Gasteiger partial charge is 0.0916 e. The van der Waals surface area contributed by atoms with Gasteiger partial charge in [-0.3, -0.25) is 0 Å². The number of nitrogen functional groups attached to an aromatic ring is 1. The molecule has 3 atom stereocenters. The Labute approximate surface area is 121 Å². The third-order valence-electron chi connectivity index (χ3n) is 5.13. The van der Waals surface area contributed by atoms with Crippen LogP contribution < -0.4 is 5.73 Å². The van der Waals surface area contributed by atoms with Crippen LogP contribution in [0.2, 0.25) is 0 Å². The number of nitrogens with two attached hydrogens (primary N) is 1. The van der Waals surface area contributed by atoms with Crippen molar-refractivity contribution < 1.29 is 5.11 Å². The molecule has 20 heavy (non-hydrogen) atoms.